The van der Waals surface area contributed by atoms with Crippen molar-refractivity contribution in [2.24, 2.45) is 11.8 Å². The molecular weight excluding hydrogens is 371 g/mol. The summed E-state index contributed by atoms with van der Waals surface area (Å²) >= 11 is 0. The van der Waals surface area contributed by atoms with Crippen molar-refractivity contribution in [2.75, 3.05) is 6.54 Å². The van der Waals surface area contributed by atoms with Gasteiger partial charge in [-0.25, -0.2) is 0 Å². The maximum atomic E-state index is 12.9. The number of nitrogens with one attached hydrogen (secondary N) is 1. The molecule has 0 heterocycles. The van der Waals surface area contributed by atoms with Gasteiger partial charge in [-0.15, -0.1) is 12.4 Å². The van der Waals surface area contributed by atoms with E-state index in [-0.39, 0.29) is 30.8 Å². The Morgan fingerprint density at radius 1 is 1.22 bits per heavy atom. The molecule has 4 atom stereocenters. The predicted molar refractivity (Wildman–Crippen MR) is 107 cm³/mol. The fraction of sp³-hybridized carbons (Fsp3) is 0.545. The monoisotopic (exact) mass is 400 g/mol. The average Bonchev–Trinajstić information content (AvgIpc) is 2.65. The maximum absolute atomic E-state index is 12.9. The summed E-state index contributed by atoms with van der Waals surface area (Å²) in [6, 6.07) is 8.01. The van der Waals surface area contributed by atoms with E-state index in [0.29, 0.717) is 6.54 Å². The molecule has 3 unspecified atom stereocenters. The Balaban J connectivity index is 0.00000280. The van der Waals surface area contributed by atoms with Crippen LogP contribution in [0, 0.1) is 11.8 Å². The van der Waals surface area contributed by atoms with Gasteiger partial charge in [-0.2, -0.15) is 13.2 Å². The molecule has 150 valence electrons. The van der Waals surface area contributed by atoms with Crippen molar-refractivity contribution >= 4 is 12.4 Å². The van der Waals surface area contributed by atoms with Gasteiger partial charge in [-0.05, 0) is 62.6 Å². The van der Waals surface area contributed by atoms with Crippen LogP contribution in [-0.2, 0) is 6.42 Å². The minimum absolute atomic E-state index is 0. The van der Waals surface area contributed by atoms with E-state index < -0.39 is 18.0 Å². The summed E-state index contributed by atoms with van der Waals surface area (Å²) in [5.74, 6) is -1.99. The van der Waals surface area contributed by atoms with Crippen molar-refractivity contribution in [3.8, 4) is 0 Å². The van der Waals surface area contributed by atoms with E-state index in [0.717, 1.165) is 31.2 Å². The van der Waals surface area contributed by atoms with E-state index >= 15 is 0 Å². The number of hydrogen-bond acceptors (Lipinski definition) is 1. The maximum Gasteiger partial charge on any atom is 0.395 e. The third-order valence-corrected chi connectivity index (χ3v) is 5.52. The SMILES string of the molecule is Cl.[2H]C1([C@@H](C)NCCCC2CC=CC(C(F)(F)F)C2)C=CCc2ccccc21. The number of rotatable bonds is 6. The van der Waals surface area contributed by atoms with Crippen LogP contribution in [0.5, 0.6) is 0 Å². The van der Waals surface area contributed by atoms with Crippen molar-refractivity contribution in [2.45, 2.75) is 57.1 Å². The highest BCUT2D eigenvalue weighted by atomic mass is 35.5. The molecule has 0 saturated carbocycles. The zero-order valence-corrected chi connectivity index (χ0v) is 16.5. The molecule has 0 bridgehead atoms. The molecule has 0 aromatic heterocycles. The molecule has 0 aliphatic heterocycles. The van der Waals surface area contributed by atoms with Gasteiger partial charge in [0.2, 0.25) is 0 Å². The molecule has 0 spiro atoms. The largest absolute Gasteiger partial charge is 0.395 e. The normalized spacial score (nSPS) is 28.8. The first-order valence-corrected chi connectivity index (χ1v) is 9.53. The molecule has 0 saturated heterocycles. The summed E-state index contributed by atoms with van der Waals surface area (Å²) in [5.41, 5.74) is 2.23. The van der Waals surface area contributed by atoms with Crippen molar-refractivity contribution in [3.05, 3.63) is 59.7 Å². The second-order valence-electron chi connectivity index (χ2n) is 7.45. The Morgan fingerprint density at radius 3 is 2.78 bits per heavy atom. The van der Waals surface area contributed by atoms with Crippen LogP contribution in [0.1, 0.15) is 51.0 Å². The lowest BCUT2D eigenvalue weighted by atomic mass is 9.83. The van der Waals surface area contributed by atoms with E-state index in [4.69, 9.17) is 1.37 Å². The number of alkyl halides is 3. The number of hydrogen-bond donors (Lipinski definition) is 1. The Kier molecular flexibility index (Phi) is 7.42. The molecule has 2 aliphatic rings. The van der Waals surface area contributed by atoms with Gasteiger partial charge in [0.15, 0.2) is 0 Å². The minimum Gasteiger partial charge on any atom is -0.313 e. The van der Waals surface area contributed by atoms with Gasteiger partial charge in [0.25, 0.3) is 0 Å². The smallest absolute Gasteiger partial charge is 0.313 e. The summed E-state index contributed by atoms with van der Waals surface area (Å²) in [5, 5.41) is 3.44. The van der Waals surface area contributed by atoms with Crippen LogP contribution in [0.2, 0.25) is 0 Å². The molecule has 0 radical (unpaired) electrons. The minimum atomic E-state index is -4.12. The Labute approximate surface area is 167 Å². The van der Waals surface area contributed by atoms with E-state index in [1.165, 1.54) is 11.6 Å². The van der Waals surface area contributed by atoms with Crippen molar-refractivity contribution < 1.29 is 14.5 Å². The first-order valence-electron chi connectivity index (χ1n) is 10.0. The quantitative estimate of drug-likeness (QED) is 0.442. The molecule has 5 heteroatoms. The van der Waals surface area contributed by atoms with Gasteiger partial charge in [0, 0.05) is 13.3 Å². The number of halogens is 4. The van der Waals surface area contributed by atoms with Crippen molar-refractivity contribution in [1.29, 1.82) is 0 Å². The van der Waals surface area contributed by atoms with Crippen molar-refractivity contribution in [3.63, 3.8) is 0 Å². The van der Waals surface area contributed by atoms with Gasteiger partial charge < -0.3 is 5.32 Å². The van der Waals surface area contributed by atoms with Crippen LogP contribution >= 0.6 is 12.4 Å². The van der Waals surface area contributed by atoms with Gasteiger partial charge in [0.1, 0.15) is 0 Å². The fourth-order valence-electron chi connectivity index (χ4n) is 4.03. The molecule has 1 aromatic carbocycles. The van der Waals surface area contributed by atoms with Crippen LogP contribution in [-0.4, -0.2) is 18.8 Å². The highest BCUT2D eigenvalue weighted by Crippen LogP contribution is 2.37. The number of benzene rings is 1. The van der Waals surface area contributed by atoms with Crippen LogP contribution in [0.25, 0.3) is 0 Å². The molecule has 3 rings (SSSR count). The lowest BCUT2D eigenvalue weighted by molar-refractivity contribution is -0.166. The molecule has 1 N–H and O–H groups in total. The lowest BCUT2D eigenvalue weighted by Crippen LogP contribution is -2.33. The fourth-order valence-corrected chi connectivity index (χ4v) is 4.03. The molecule has 1 aromatic rings. The molecule has 0 amide bonds. The van der Waals surface area contributed by atoms with E-state index in [9.17, 15) is 13.2 Å². The zero-order valence-electron chi connectivity index (χ0n) is 16.6. The molecule has 1 nitrogen and oxygen atoms in total. The standard InChI is InChI=1S/C22H28F3N.ClH/c1-16(20-13-5-10-18-9-2-3-12-21(18)20)26-14-6-8-17-7-4-11-19(15-17)22(23,24)25;/h2-5,9,11-13,16-17,19-20,26H,6-8,10,14-15H2,1H3;1H/t16-,17?,19?,20?;/m1./s1/i20D;. The summed E-state index contributed by atoms with van der Waals surface area (Å²) < 4.78 is 47.6. The summed E-state index contributed by atoms with van der Waals surface area (Å²) in [6.45, 7) is 2.73. The van der Waals surface area contributed by atoms with E-state index in [1.807, 2.05) is 31.2 Å². The molecule has 27 heavy (non-hydrogen) atoms. The van der Waals surface area contributed by atoms with Crippen LogP contribution in [0.4, 0.5) is 13.2 Å². The van der Waals surface area contributed by atoms with Gasteiger partial charge in [0.05, 0.1) is 5.92 Å². The first kappa shape index (κ1) is 20.5. The predicted octanol–water partition coefficient (Wildman–Crippen LogP) is 6.21. The molecule has 2 aliphatic carbocycles. The first-order chi connectivity index (χ1) is 12.8. The Bertz CT molecular complexity index is 703. The lowest BCUT2D eigenvalue weighted by Gasteiger charge is -2.28. The van der Waals surface area contributed by atoms with Crippen LogP contribution in [0.3, 0.4) is 0 Å². The Morgan fingerprint density at radius 2 is 2.00 bits per heavy atom. The van der Waals surface area contributed by atoms with Crippen molar-refractivity contribution in [1.82, 2.24) is 5.32 Å². The Hall–Kier alpha value is -1.26. The van der Waals surface area contributed by atoms with E-state index in [1.54, 1.807) is 6.08 Å². The van der Waals surface area contributed by atoms with Gasteiger partial charge in [-0.3, -0.25) is 0 Å². The summed E-state index contributed by atoms with van der Waals surface area (Å²) in [7, 11) is 0. The average molecular weight is 401 g/mol. The van der Waals surface area contributed by atoms with Gasteiger partial charge >= 0.3 is 6.18 Å². The van der Waals surface area contributed by atoms with E-state index in [2.05, 4.69) is 17.5 Å². The number of allylic oxidation sites excluding steroid dienone is 3. The summed E-state index contributed by atoms with van der Waals surface area (Å²) in [6.07, 6.45) is 6.31. The number of fused-ring (bicyclic) bond motifs is 1. The molecule has 0 fully saturated rings. The second kappa shape index (κ2) is 9.79. The van der Waals surface area contributed by atoms with Gasteiger partial charge in [-0.1, -0.05) is 48.6 Å². The third kappa shape index (κ3) is 5.86. The zero-order chi connectivity index (χ0) is 19.5. The second-order valence-corrected chi connectivity index (χ2v) is 7.45. The molecular formula is C22H29ClF3N. The van der Waals surface area contributed by atoms with Crippen LogP contribution in [0.15, 0.2) is 48.6 Å². The highest BCUT2D eigenvalue weighted by Gasteiger charge is 2.39. The highest BCUT2D eigenvalue weighted by molar-refractivity contribution is 5.85. The third-order valence-electron chi connectivity index (χ3n) is 5.52. The summed E-state index contributed by atoms with van der Waals surface area (Å²) in [4.78, 5) is 0. The topological polar surface area (TPSA) is 12.0 Å². The van der Waals surface area contributed by atoms with Crippen LogP contribution < -0.4 is 5.32 Å².